The van der Waals surface area contributed by atoms with Crippen molar-refractivity contribution >= 4 is 18.0 Å². The lowest BCUT2D eigenvalue weighted by Gasteiger charge is -1.94. The Morgan fingerprint density at radius 1 is 1.64 bits per heavy atom. The van der Waals surface area contributed by atoms with Crippen molar-refractivity contribution in [1.82, 2.24) is 5.43 Å². The Labute approximate surface area is 65.1 Å². The fourth-order valence-electron chi connectivity index (χ4n) is 0.281. The molecular weight excluding hydrogens is 146 g/mol. The molecule has 0 saturated carbocycles. The van der Waals surface area contributed by atoms with Crippen LogP contribution in [0.5, 0.6) is 0 Å². The predicted octanol–water partition coefficient (Wildman–Crippen LogP) is -0.217. The Kier molecular flexibility index (Phi) is 4.72. The molecule has 0 bridgehead atoms. The molecule has 0 heterocycles. The van der Waals surface area contributed by atoms with Gasteiger partial charge in [-0.2, -0.15) is 5.10 Å². The second kappa shape index (κ2) is 5.40. The number of aliphatic imine (C=N–C) groups is 1. The van der Waals surface area contributed by atoms with E-state index in [-0.39, 0.29) is 0 Å². The van der Waals surface area contributed by atoms with E-state index in [1.807, 2.05) is 0 Å². The minimum atomic E-state index is -0.499. The van der Waals surface area contributed by atoms with Gasteiger partial charge in [-0.25, -0.2) is 4.79 Å². The van der Waals surface area contributed by atoms with Gasteiger partial charge in [0.15, 0.2) is 0 Å². The second-order valence-electron chi connectivity index (χ2n) is 1.70. The molecule has 0 spiro atoms. The summed E-state index contributed by atoms with van der Waals surface area (Å²) in [6, 6.07) is 0. The molecular formula is C6H11N3O2. The fraction of sp³-hybridized carbons (Fsp3) is 0.500. The standard InChI is InChI=1S/C6H11N3O2/c1-5(7-2)9-8-4-6(10)11-3/h4H,1-3H3,(H,7,9)/b8-4+. The second-order valence-corrected chi connectivity index (χ2v) is 1.70. The highest BCUT2D eigenvalue weighted by molar-refractivity contribution is 6.23. The van der Waals surface area contributed by atoms with Crippen molar-refractivity contribution in [3.8, 4) is 0 Å². The third-order valence-corrected chi connectivity index (χ3v) is 0.933. The predicted molar refractivity (Wildman–Crippen MR) is 42.7 cm³/mol. The Bertz CT molecular complexity index is 186. The minimum Gasteiger partial charge on any atom is -0.465 e. The van der Waals surface area contributed by atoms with E-state index in [0.717, 1.165) is 6.21 Å². The van der Waals surface area contributed by atoms with Gasteiger partial charge in [-0.15, -0.1) is 0 Å². The van der Waals surface area contributed by atoms with Crippen LogP contribution in [0.15, 0.2) is 10.1 Å². The van der Waals surface area contributed by atoms with Crippen molar-refractivity contribution in [2.24, 2.45) is 10.1 Å². The van der Waals surface area contributed by atoms with Gasteiger partial charge >= 0.3 is 5.97 Å². The molecule has 5 heteroatoms. The number of carbonyl (C=O) groups is 1. The van der Waals surface area contributed by atoms with Crippen molar-refractivity contribution in [2.45, 2.75) is 6.92 Å². The molecule has 0 rings (SSSR count). The monoisotopic (exact) mass is 157 g/mol. The number of nitrogens with zero attached hydrogens (tertiary/aromatic N) is 2. The molecule has 0 atom stereocenters. The Morgan fingerprint density at radius 2 is 2.27 bits per heavy atom. The van der Waals surface area contributed by atoms with Crippen LogP contribution in [0.3, 0.4) is 0 Å². The highest BCUT2D eigenvalue weighted by atomic mass is 16.5. The molecule has 0 aliphatic heterocycles. The molecule has 5 nitrogen and oxygen atoms in total. The lowest BCUT2D eigenvalue weighted by molar-refractivity contribution is -0.132. The van der Waals surface area contributed by atoms with Crippen molar-refractivity contribution in [2.75, 3.05) is 14.2 Å². The number of hydrogen-bond acceptors (Lipinski definition) is 4. The van der Waals surface area contributed by atoms with E-state index in [4.69, 9.17) is 0 Å². The van der Waals surface area contributed by atoms with Gasteiger partial charge in [0.25, 0.3) is 0 Å². The van der Waals surface area contributed by atoms with Crippen LogP contribution in [0, 0.1) is 0 Å². The number of hydrazone groups is 1. The lowest BCUT2D eigenvalue weighted by Crippen LogP contribution is -2.15. The maximum Gasteiger partial charge on any atom is 0.350 e. The maximum absolute atomic E-state index is 10.4. The fourth-order valence-corrected chi connectivity index (χ4v) is 0.281. The summed E-state index contributed by atoms with van der Waals surface area (Å²) in [5.74, 6) is 0.131. The average molecular weight is 157 g/mol. The molecule has 0 aliphatic carbocycles. The number of rotatable bonds is 2. The van der Waals surface area contributed by atoms with Gasteiger partial charge in [0, 0.05) is 7.05 Å². The van der Waals surface area contributed by atoms with E-state index in [1.54, 1.807) is 14.0 Å². The Balaban J connectivity index is 3.69. The third-order valence-electron chi connectivity index (χ3n) is 0.933. The zero-order valence-corrected chi connectivity index (χ0v) is 6.79. The summed E-state index contributed by atoms with van der Waals surface area (Å²) in [5.41, 5.74) is 2.52. The van der Waals surface area contributed by atoms with Gasteiger partial charge < -0.3 is 4.74 Å². The quantitative estimate of drug-likeness (QED) is 0.261. The van der Waals surface area contributed by atoms with Crippen LogP contribution in [0.25, 0.3) is 0 Å². The first-order valence-electron chi connectivity index (χ1n) is 3.01. The molecule has 62 valence electrons. The van der Waals surface area contributed by atoms with Crippen LogP contribution in [0.4, 0.5) is 0 Å². The number of nitrogens with one attached hydrogen (secondary N) is 1. The normalized spacial score (nSPS) is 11.7. The highest BCUT2D eigenvalue weighted by Gasteiger charge is 1.90. The van der Waals surface area contributed by atoms with Crippen molar-refractivity contribution in [1.29, 1.82) is 0 Å². The summed E-state index contributed by atoms with van der Waals surface area (Å²) in [6.45, 7) is 1.73. The number of carbonyl (C=O) groups excluding carboxylic acids is 1. The average Bonchev–Trinajstić information content (AvgIpc) is 2.04. The van der Waals surface area contributed by atoms with Gasteiger partial charge in [-0.1, -0.05) is 0 Å². The van der Waals surface area contributed by atoms with Crippen LogP contribution in [0.1, 0.15) is 6.92 Å². The number of ether oxygens (including phenoxy) is 1. The smallest absolute Gasteiger partial charge is 0.350 e. The van der Waals surface area contributed by atoms with Crippen molar-refractivity contribution in [3.05, 3.63) is 0 Å². The number of esters is 1. The number of methoxy groups -OCH3 is 1. The number of amidine groups is 1. The molecule has 0 aromatic heterocycles. The van der Waals surface area contributed by atoms with Gasteiger partial charge in [0.2, 0.25) is 0 Å². The molecule has 0 aromatic rings. The summed E-state index contributed by atoms with van der Waals surface area (Å²) >= 11 is 0. The molecule has 1 N–H and O–H groups in total. The zero-order chi connectivity index (χ0) is 8.69. The van der Waals surface area contributed by atoms with Crippen LogP contribution < -0.4 is 5.43 Å². The molecule has 0 fully saturated rings. The summed E-state index contributed by atoms with van der Waals surface area (Å²) < 4.78 is 4.30. The zero-order valence-electron chi connectivity index (χ0n) is 6.79. The highest BCUT2D eigenvalue weighted by Crippen LogP contribution is 1.69. The third kappa shape index (κ3) is 5.07. The van der Waals surface area contributed by atoms with Crippen LogP contribution >= 0.6 is 0 Å². The molecule has 0 amide bonds. The molecule has 0 aliphatic rings. The van der Waals surface area contributed by atoms with Crippen molar-refractivity contribution in [3.63, 3.8) is 0 Å². The molecule has 0 aromatic carbocycles. The van der Waals surface area contributed by atoms with Crippen LogP contribution in [-0.4, -0.2) is 32.2 Å². The molecule has 0 unspecified atom stereocenters. The van der Waals surface area contributed by atoms with E-state index >= 15 is 0 Å². The Hall–Kier alpha value is -1.39. The van der Waals surface area contributed by atoms with Gasteiger partial charge in [0.1, 0.15) is 12.1 Å². The molecule has 0 saturated heterocycles. The molecule has 11 heavy (non-hydrogen) atoms. The van der Waals surface area contributed by atoms with Gasteiger partial charge in [-0.05, 0) is 6.92 Å². The van der Waals surface area contributed by atoms with E-state index in [0.29, 0.717) is 5.84 Å². The molecule has 0 radical (unpaired) electrons. The van der Waals surface area contributed by atoms with Crippen LogP contribution in [-0.2, 0) is 9.53 Å². The van der Waals surface area contributed by atoms with Crippen molar-refractivity contribution < 1.29 is 9.53 Å². The lowest BCUT2D eigenvalue weighted by atomic mass is 10.7. The van der Waals surface area contributed by atoms with E-state index in [9.17, 15) is 4.79 Å². The van der Waals surface area contributed by atoms with E-state index in [1.165, 1.54) is 7.11 Å². The largest absolute Gasteiger partial charge is 0.465 e. The summed E-state index contributed by atoms with van der Waals surface area (Å²) in [4.78, 5) is 14.2. The Morgan fingerprint density at radius 3 is 2.73 bits per heavy atom. The van der Waals surface area contributed by atoms with E-state index < -0.39 is 5.97 Å². The minimum absolute atomic E-state index is 0.499. The van der Waals surface area contributed by atoms with Gasteiger partial charge in [-0.3, -0.25) is 10.4 Å². The number of hydrogen-bond donors (Lipinski definition) is 1. The van der Waals surface area contributed by atoms with Gasteiger partial charge in [0.05, 0.1) is 7.11 Å². The SMILES string of the molecule is CN=C(C)N/N=C/C(=O)OC. The summed E-state index contributed by atoms with van der Waals surface area (Å²) in [7, 11) is 2.91. The first-order chi connectivity index (χ1) is 5.20. The summed E-state index contributed by atoms with van der Waals surface area (Å²) in [6.07, 6.45) is 1.04. The maximum atomic E-state index is 10.4. The van der Waals surface area contributed by atoms with Crippen LogP contribution in [0.2, 0.25) is 0 Å². The topological polar surface area (TPSA) is 63.0 Å². The van der Waals surface area contributed by atoms with E-state index in [2.05, 4.69) is 20.3 Å². The first kappa shape index (κ1) is 9.61. The summed E-state index contributed by atoms with van der Waals surface area (Å²) in [5, 5.41) is 3.53. The first-order valence-corrected chi connectivity index (χ1v) is 3.01.